The highest BCUT2D eigenvalue weighted by molar-refractivity contribution is 5.85. The molecule has 2 aliphatic heterocycles. The van der Waals surface area contributed by atoms with Gasteiger partial charge in [-0.25, -0.2) is 9.37 Å². The highest BCUT2D eigenvalue weighted by Crippen LogP contribution is 2.36. The molecule has 2 aromatic heterocycles. The normalized spacial score (nSPS) is 21.4. The molecule has 2 N–H and O–H groups in total. The van der Waals surface area contributed by atoms with Gasteiger partial charge in [-0.1, -0.05) is 6.07 Å². The number of aromatic nitrogens is 3. The first-order valence-electron chi connectivity index (χ1n) is 9.42. The van der Waals surface area contributed by atoms with Gasteiger partial charge < -0.3 is 20.4 Å². The summed E-state index contributed by atoms with van der Waals surface area (Å²) in [5.74, 6) is 1.28. The molecule has 28 heavy (non-hydrogen) atoms. The van der Waals surface area contributed by atoms with Gasteiger partial charge >= 0.3 is 0 Å². The van der Waals surface area contributed by atoms with Crippen LogP contribution in [-0.2, 0) is 0 Å². The molecule has 0 unspecified atom stereocenters. The molecular formula is C20H22FN7. The third-order valence-electron chi connectivity index (χ3n) is 5.50. The Balaban J connectivity index is 1.48. The van der Waals surface area contributed by atoms with Crippen LogP contribution in [0.15, 0.2) is 36.7 Å². The number of anilines is 4. The molecule has 0 amide bonds. The molecule has 1 fully saturated rings. The molecule has 144 valence electrons. The van der Waals surface area contributed by atoms with Crippen molar-refractivity contribution in [1.29, 1.82) is 0 Å². The van der Waals surface area contributed by atoms with Crippen molar-refractivity contribution in [2.24, 2.45) is 0 Å². The second kappa shape index (κ2) is 6.56. The average Bonchev–Trinajstić information content (AvgIpc) is 3.25. The lowest BCUT2D eigenvalue weighted by Gasteiger charge is -2.26. The van der Waals surface area contributed by atoms with Gasteiger partial charge in [0.15, 0.2) is 5.82 Å². The summed E-state index contributed by atoms with van der Waals surface area (Å²) < 4.78 is 14.3. The van der Waals surface area contributed by atoms with E-state index in [2.05, 4.69) is 31.6 Å². The number of rotatable bonds is 3. The van der Waals surface area contributed by atoms with E-state index in [4.69, 9.17) is 4.98 Å². The SMILES string of the molecule is Cc1cc2ncccc2cc1Nc1ncc2c(n1)N([C@@H]1CNC[C@H]1F)CN2C. The fourth-order valence-electron chi connectivity index (χ4n) is 3.96. The number of hydrogen-bond donors (Lipinski definition) is 2. The summed E-state index contributed by atoms with van der Waals surface area (Å²) in [4.78, 5) is 17.7. The fourth-order valence-corrected chi connectivity index (χ4v) is 3.96. The van der Waals surface area contributed by atoms with Gasteiger partial charge in [0.2, 0.25) is 5.95 Å². The second-order valence-electron chi connectivity index (χ2n) is 7.44. The molecule has 1 aromatic carbocycles. The van der Waals surface area contributed by atoms with E-state index in [-0.39, 0.29) is 6.04 Å². The third-order valence-corrected chi connectivity index (χ3v) is 5.50. The van der Waals surface area contributed by atoms with E-state index in [0.717, 1.165) is 33.7 Å². The number of fused-ring (bicyclic) bond motifs is 2. The maximum absolute atomic E-state index is 14.3. The zero-order chi connectivity index (χ0) is 19.3. The second-order valence-corrected chi connectivity index (χ2v) is 7.44. The van der Waals surface area contributed by atoms with Crippen molar-refractivity contribution in [1.82, 2.24) is 20.3 Å². The smallest absolute Gasteiger partial charge is 0.229 e. The van der Waals surface area contributed by atoms with Crippen molar-refractivity contribution in [2.45, 2.75) is 19.1 Å². The lowest BCUT2D eigenvalue weighted by molar-refractivity contribution is 0.322. The molecule has 3 aromatic rings. The summed E-state index contributed by atoms with van der Waals surface area (Å²) in [6, 6.07) is 7.84. The minimum absolute atomic E-state index is 0.208. The molecular weight excluding hydrogens is 357 g/mol. The molecule has 8 heteroatoms. The van der Waals surface area contributed by atoms with E-state index in [1.807, 2.05) is 37.1 Å². The van der Waals surface area contributed by atoms with Crippen LogP contribution in [0.25, 0.3) is 10.9 Å². The van der Waals surface area contributed by atoms with Gasteiger partial charge in [-0.2, -0.15) is 4.98 Å². The predicted octanol–water partition coefficient (Wildman–Crippen LogP) is 2.60. The van der Waals surface area contributed by atoms with Crippen LogP contribution in [0.4, 0.5) is 27.5 Å². The fraction of sp³-hybridized carbons (Fsp3) is 0.350. The van der Waals surface area contributed by atoms with Gasteiger partial charge in [-0.3, -0.25) is 4.98 Å². The zero-order valence-electron chi connectivity index (χ0n) is 15.9. The Labute approximate surface area is 162 Å². The molecule has 0 spiro atoms. The summed E-state index contributed by atoms with van der Waals surface area (Å²) in [6.45, 7) is 3.65. The first-order valence-corrected chi connectivity index (χ1v) is 9.42. The minimum Gasteiger partial charge on any atom is -0.353 e. The summed E-state index contributed by atoms with van der Waals surface area (Å²) in [7, 11) is 1.98. The van der Waals surface area contributed by atoms with E-state index in [1.165, 1.54) is 0 Å². The maximum Gasteiger partial charge on any atom is 0.229 e. The van der Waals surface area contributed by atoms with Crippen molar-refractivity contribution in [3.63, 3.8) is 0 Å². The quantitative estimate of drug-likeness (QED) is 0.725. The summed E-state index contributed by atoms with van der Waals surface area (Å²) >= 11 is 0. The van der Waals surface area contributed by atoms with Crippen LogP contribution < -0.4 is 20.4 Å². The highest BCUT2D eigenvalue weighted by atomic mass is 19.1. The minimum atomic E-state index is -0.902. The Morgan fingerprint density at radius 3 is 2.96 bits per heavy atom. The molecule has 4 heterocycles. The van der Waals surface area contributed by atoms with Crippen LogP contribution in [0.2, 0.25) is 0 Å². The predicted molar refractivity (Wildman–Crippen MR) is 109 cm³/mol. The Hall–Kier alpha value is -3.00. The molecule has 2 aliphatic rings. The number of nitrogens with one attached hydrogen (secondary N) is 2. The van der Waals surface area contributed by atoms with E-state index in [9.17, 15) is 4.39 Å². The summed E-state index contributed by atoms with van der Waals surface area (Å²) in [5, 5.41) is 7.50. The number of pyridine rings is 1. The third kappa shape index (κ3) is 2.80. The average molecular weight is 379 g/mol. The van der Waals surface area contributed by atoms with Crippen LogP contribution in [0.3, 0.4) is 0 Å². The maximum atomic E-state index is 14.3. The van der Waals surface area contributed by atoms with Gasteiger partial charge in [-0.05, 0) is 30.7 Å². The Morgan fingerprint density at radius 1 is 1.25 bits per heavy atom. The van der Waals surface area contributed by atoms with Crippen LogP contribution in [-0.4, -0.2) is 54.0 Å². The van der Waals surface area contributed by atoms with Gasteiger partial charge in [0.25, 0.3) is 0 Å². The van der Waals surface area contributed by atoms with Crippen molar-refractivity contribution < 1.29 is 4.39 Å². The molecule has 0 aliphatic carbocycles. The highest BCUT2D eigenvalue weighted by Gasteiger charge is 2.38. The van der Waals surface area contributed by atoms with E-state index >= 15 is 0 Å². The zero-order valence-corrected chi connectivity index (χ0v) is 15.9. The molecule has 0 bridgehead atoms. The van der Waals surface area contributed by atoms with E-state index in [0.29, 0.717) is 25.7 Å². The topological polar surface area (TPSA) is 69.2 Å². The summed E-state index contributed by atoms with van der Waals surface area (Å²) in [6.07, 6.45) is 2.69. The lowest BCUT2D eigenvalue weighted by atomic mass is 10.1. The van der Waals surface area contributed by atoms with Crippen molar-refractivity contribution in [2.75, 3.05) is 41.9 Å². The largest absolute Gasteiger partial charge is 0.353 e. The molecule has 0 saturated carbocycles. The number of alkyl halides is 1. The van der Waals surface area contributed by atoms with Gasteiger partial charge in [0, 0.05) is 37.4 Å². The number of halogens is 1. The molecule has 7 nitrogen and oxygen atoms in total. The van der Waals surface area contributed by atoms with Gasteiger partial charge in [-0.15, -0.1) is 0 Å². The van der Waals surface area contributed by atoms with Gasteiger partial charge in [0.1, 0.15) is 6.17 Å². The number of benzene rings is 1. The Morgan fingerprint density at radius 2 is 2.14 bits per heavy atom. The van der Waals surface area contributed by atoms with Gasteiger partial charge in [0.05, 0.1) is 30.1 Å². The van der Waals surface area contributed by atoms with Crippen molar-refractivity contribution in [3.05, 3.63) is 42.2 Å². The van der Waals surface area contributed by atoms with Crippen molar-refractivity contribution >= 4 is 34.0 Å². The van der Waals surface area contributed by atoms with E-state index in [1.54, 1.807) is 12.4 Å². The van der Waals surface area contributed by atoms with Crippen molar-refractivity contribution in [3.8, 4) is 0 Å². The monoisotopic (exact) mass is 379 g/mol. The van der Waals surface area contributed by atoms with E-state index < -0.39 is 6.17 Å². The lowest BCUT2D eigenvalue weighted by Crippen LogP contribution is -2.43. The first kappa shape index (κ1) is 17.1. The van der Waals surface area contributed by atoms with Crippen LogP contribution in [0.5, 0.6) is 0 Å². The van der Waals surface area contributed by atoms with Crippen LogP contribution >= 0.6 is 0 Å². The number of aryl methyl sites for hydroxylation is 1. The molecule has 1 saturated heterocycles. The number of nitrogens with zero attached hydrogens (tertiary/aromatic N) is 5. The first-order chi connectivity index (χ1) is 13.6. The van der Waals surface area contributed by atoms with Crippen LogP contribution in [0.1, 0.15) is 5.56 Å². The Bertz CT molecular complexity index is 1040. The Kier molecular flexibility index (Phi) is 4.01. The number of hydrogen-bond acceptors (Lipinski definition) is 7. The van der Waals surface area contributed by atoms with Crippen LogP contribution in [0, 0.1) is 6.92 Å². The standard InChI is InChI=1S/C20H22FN7/c1-12-6-16-13(4-3-5-23-16)7-15(12)25-20-24-10-18-19(26-20)28(11-27(18)2)17-9-22-8-14(17)21/h3-7,10,14,17,22H,8-9,11H2,1-2H3,(H,24,25,26)/t14-,17-/m1/s1. The molecule has 5 rings (SSSR count). The molecule has 0 radical (unpaired) electrons. The summed E-state index contributed by atoms with van der Waals surface area (Å²) in [5.41, 5.74) is 3.87. The molecule has 2 atom stereocenters.